The Bertz CT molecular complexity index is 549. The van der Waals surface area contributed by atoms with Crippen molar-refractivity contribution >= 4 is 5.91 Å². The molecule has 0 aromatic rings. The summed E-state index contributed by atoms with van der Waals surface area (Å²) in [7, 11) is 0. The van der Waals surface area contributed by atoms with Crippen molar-refractivity contribution in [2.45, 2.75) is 167 Å². The van der Waals surface area contributed by atoms with Crippen molar-refractivity contribution in [2.24, 2.45) is 0 Å². The average Bonchev–Trinajstić information content (AvgIpc) is 2.88. The van der Waals surface area contributed by atoms with Gasteiger partial charge in [-0.2, -0.15) is 0 Å². The predicted octanol–water partition coefficient (Wildman–Crippen LogP) is 7.53. The second-order valence-electron chi connectivity index (χ2n) is 10.7. The predicted molar refractivity (Wildman–Crippen MR) is 158 cm³/mol. The van der Waals surface area contributed by atoms with E-state index in [0.717, 1.165) is 32.1 Å². The molecule has 3 atom stereocenters. The minimum atomic E-state index is -0.944. The molecule has 4 N–H and O–H groups in total. The minimum absolute atomic E-state index is 0.00770. The second kappa shape index (κ2) is 27.9. The molecule has 3 unspecified atom stereocenters. The third-order valence-electron chi connectivity index (χ3n) is 6.99. The van der Waals surface area contributed by atoms with Gasteiger partial charge >= 0.3 is 0 Å². The van der Waals surface area contributed by atoms with Crippen LogP contribution < -0.4 is 5.32 Å². The number of amides is 1. The zero-order valence-corrected chi connectivity index (χ0v) is 24.3. The van der Waals surface area contributed by atoms with Crippen LogP contribution in [0.1, 0.15) is 149 Å². The number of unbranched alkanes of at least 4 members (excludes halogenated alkanes) is 16. The standard InChI is InChI=1S/C32H61NO4/c1-3-5-7-9-11-13-15-16-18-20-22-24-26-31(36)30(28-34)33-32(37)27-29(35)25-23-21-19-17-14-12-10-8-6-4-2/h16,18,24,26,29-31,34-36H,3-15,17,19-23,25,27-28H2,1-2H3,(H,33,37)/b18-16+,26-24+. The van der Waals surface area contributed by atoms with E-state index in [9.17, 15) is 20.1 Å². The van der Waals surface area contributed by atoms with Crippen LogP contribution in [0.2, 0.25) is 0 Å². The zero-order valence-electron chi connectivity index (χ0n) is 24.3. The van der Waals surface area contributed by atoms with Gasteiger partial charge in [-0.15, -0.1) is 0 Å². The maximum absolute atomic E-state index is 12.3. The molecular formula is C32H61NO4. The van der Waals surface area contributed by atoms with Gasteiger partial charge in [0, 0.05) is 0 Å². The highest BCUT2D eigenvalue weighted by atomic mass is 16.3. The van der Waals surface area contributed by atoms with Crippen LogP contribution in [-0.2, 0) is 4.79 Å². The number of aliphatic hydroxyl groups excluding tert-OH is 3. The summed E-state index contributed by atoms with van der Waals surface area (Å²) in [6.45, 7) is 4.13. The number of rotatable bonds is 27. The molecule has 0 bridgehead atoms. The van der Waals surface area contributed by atoms with Gasteiger partial charge in [0.2, 0.25) is 5.91 Å². The van der Waals surface area contributed by atoms with Crippen LogP contribution in [0, 0.1) is 0 Å². The van der Waals surface area contributed by atoms with Crippen molar-refractivity contribution in [3.63, 3.8) is 0 Å². The van der Waals surface area contributed by atoms with E-state index in [1.807, 2.05) is 6.08 Å². The maximum Gasteiger partial charge on any atom is 0.222 e. The highest BCUT2D eigenvalue weighted by Gasteiger charge is 2.20. The molecule has 0 fully saturated rings. The van der Waals surface area contributed by atoms with Crippen LogP contribution in [0.25, 0.3) is 0 Å². The third-order valence-corrected chi connectivity index (χ3v) is 6.99. The van der Waals surface area contributed by atoms with E-state index in [-0.39, 0.29) is 18.9 Å². The lowest BCUT2D eigenvalue weighted by molar-refractivity contribution is -0.124. The van der Waals surface area contributed by atoms with Gasteiger partial charge in [0.25, 0.3) is 0 Å². The molecule has 37 heavy (non-hydrogen) atoms. The highest BCUT2D eigenvalue weighted by molar-refractivity contribution is 5.76. The molecular weight excluding hydrogens is 462 g/mol. The van der Waals surface area contributed by atoms with E-state index in [1.165, 1.54) is 89.9 Å². The molecule has 0 saturated heterocycles. The highest BCUT2D eigenvalue weighted by Crippen LogP contribution is 2.13. The van der Waals surface area contributed by atoms with Crippen molar-refractivity contribution in [3.8, 4) is 0 Å². The van der Waals surface area contributed by atoms with Gasteiger partial charge in [-0.3, -0.25) is 4.79 Å². The van der Waals surface area contributed by atoms with Crippen LogP contribution in [-0.4, -0.2) is 46.1 Å². The molecule has 0 aliphatic heterocycles. The molecule has 0 aromatic carbocycles. The number of carbonyl (C=O) groups is 1. The number of aliphatic hydroxyl groups is 3. The first-order chi connectivity index (χ1) is 18.0. The molecule has 0 aliphatic carbocycles. The lowest BCUT2D eigenvalue weighted by Gasteiger charge is -2.21. The Morgan fingerprint density at radius 1 is 0.676 bits per heavy atom. The Morgan fingerprint density at radius 3 is 1.73 bits per heavy atom. The Kier molecular flexibility index (Phi) is 27.0. The van der Waals surface area contributed by atoms with Gasteiger partial charge in [0.15, 0.2) is 0 Å². The fourth-order valence-electron chi connectivity index (χ4n) is 4.53. The van der Waals surface area contributed by atoms with Gasteiger partial charge in [-0.05, 0) is 32.1 Å². The van der Waals surface area contributed by atoms with E-state index in [4.69, 9.17) is 0 Å². The van der Waals surface area contributed by atoms with Crippen LogP contribution in [0.5, 0.6) is 0 Å². The summed E-state index contributed by atoms with van der Waals surface area (Å²) in [4.78, 5) is 12.3. The van der Waals surface area contributed by atoms with Gasteiger partial charge in [0.05, 0.1) is 31.3 Å². The maximum atomic E-state index is 12.3. The van der Waals surface area contributed by atoms with Gasteiger partial charge < -0.3 is 20.6 Å². The molecule has 5 heteroatoms. The van der Waals surface area contributed by atoms with Crippen LogP contribution in [0.15, 0.2) is 24.3 Å². The molecule has 0 spiro atoms. The number of nitrogens with one attached hydrogen (secondary N) is 1. The Balaban J connectivity index is 3.87. The van der Waals surface area contributed by atoms with E-state index < -0.39 is 18.2 Å². The molecule has 218 valence electrons. The molecule has 0 heterocycles. The lowest BCUT2D eigenvalue weighted by atomic mass is 10.0. The minimum Gasteiger partial charge on any atom is -0.394 e. The van der Waals surface area contributed by atoms with E-state index in [2.05, 4.69) is 31.3 Å². The summed E-state index contributed by atoms with van der Waals surface area (Å²) >= 11 is 0. The van der Waals surface area contributed by atoms with Crippen molar-refractivity contribution in [1.82, 2.24) is 5.32 Å². The van der Waals surface area contributed by atoms with E-state index >= 15 is 0 Å². The molecule has 0 aliphatic rings. The van der Waals surface area contributed by atoms with Crippen LogP contribution in [0.4, 0.5) is 0 Å². The van der Waals surface area contributed by atoms with Crippen molar-refractivity contribution in [2.75, 3.05) is 6.61 Å². The van der Waals surface area contributed by atoms with E-state index in [1.54, 1.807) is 6.08 Å². The monoisotopic (exact) mass is 523 g/mol. The topological polar surface area (TPSA) is 89.8 Å². The summed E-state index contributed by atoms with van der Waals surface area (Å²) in [6, 6.07) is -0.753. The van der Waals surface area contributed by atoms with Gasteiger partial charge in [-0.25, -0.2) is 0 Å². The average molecular weight is 524 g/mol. The number of hydrogen-bond donors (Lipinski definition) is 4. The molecule has 5 nitrogen and oxygen atoms in total. The largest absolute Gasteiger partial charge is 0.394 e. The smallest absolute Gasteiger partial charge is 0.222 e. The number of allylic oxidation sites excluding steroid dienone is 3. The molecule has 0 rings (SSSR count). The molecule has 1 amide bonds. The third kappa shape index (κ3) is 24.9. The normalized spacial score (nSPS) is 14.4. The van der Waals surface area contributed by atoms with Crippen LogP contribution >= 0.6 is 0 Å². The molecule has 0 radical (unpaired) electrons. The second-order valence-corrected chi connectivity index (χ2v) is 10.7. The Hall–Kier alpha value is -1.17. The fourth-order valence-corrected chi connectivity index (χ4v) is 4.53. The van der Waals surface area contributed by atoms with Crippen molar-refractivity contribution in [1.29, 1.82) is 0 Å². The first-order valence-electron chi connectivity index (χ1n) is 15.6. The van der Waals surface area contributed by atoms with E-state index in [0.29, 0.717) is 6.42 Å². The van der Waals surface area contributed by atoms with Crippen molar-refractivity contribution < 1.29 is 20.1 Å². The summed E-state index contributed by atoms with van der Waals surface area (Å²) < 4.78 is 0. The Morgan fingerprint density at radius 2 is 1.16 bits per heavy atom. The quantitative estimate of drug-likeness (QED) is 0.0661. The molecule has 0 saturated carbocycles. The van der Waals surface area contributed by atoms with Crippen LogP contribution in [0.3, 0.4) is 0 Å². The zero-order chi connectivity index (χ0) is 27.4. The SMILES string of the molecule is CCCCCCCC/C=C/CC/C=C/C(O)C(CO)NC(=O)CC(O)CCCCCCCCCCCC. The fraction of sp³-hybridized carbons (Fsp3) is 0.844. The first kappa shape index (κ1) is 35.8. The Labute approximate surface area is 229 Å². The summed E-state index contributed by atoms with van der Waals surface area (Å²) in [5.41, 5.74) is 0. The number of carbonyl (C=O) groups excluding carboxylic acids is 1. The summed E-state index contributed by atoms with van der Waals surface area (Å²) in [6.07, 6.45) is 30.1. The lowest BCUT2D eigenvalue weighted by Crippen LogP contribution is -2.45. The number of hydrogen-bond acceptors (Lipinski definition) is 4. The first-order valence-corrected chi connectivity index (χ1v) is 15.6. The van der Waals surface area contributed by atoms with Crippen molar-refractivity contribution in [3.05, 3.63) is 24.3 Å². The summed E-state index contributed by atoms with van der Waals surface area (Å²) in [5.74, 6) is -0.330. The summed E-state index contributed by atoms with van der Waals surface area (Å²) in [5, 5.41) is 32.8. The molecule has 0 aromatic heterocycles. The van der Waals surface area contributed by atoms with Gasteiger partial charge in [-0.1, -0.05) is 134 Å². The van der Waals surface area contributed by atoms with Gasteiger partial charge in [0.1, 0.15) is 0 Å².